The minimum Gasteiger partial charge on any atom is -0.345 e. The summed E-state index contributed by atoms with van der Waals surface area (Å²) in [5.74, 6) is -1.86. The van der Waals surface area contributed by atoms with Crippen LogP contribution in [0.2, 0.25) is 0 Å². The molecule has 1 fully saturated rings. The molecule has 0 radical (unpaired) electrons. The first-order chi connectivity index (χ1) is 13.0. The van der Waals surface area contributed by atoms with Gasteiger partial charge in [0, 0.05) is 10.8 Å². The molecule has 0 heterocycles. The van der Waals surface area contributed by atoms with E-state index < -0.39 is 17.7 Å². The lowest BCUT2D eigenvalue weighted by Crippen LogP contribution is -2.37. The minimum atomic E-state index is -0.923. The fourth-order valence-corrected chi connectivity index (χ4v) is 4.25. The van der Waals surface area contributed by atoms with E-state index in [0.29, 0.717) is 12.1 Å². The zero-order valence-electron chi connectivity index (χ0n) is 15.7. The van der Waals surface area contributed by atoms with Crippen molar-refractivity contribution >= 4 is 30.1 Å². The van der Waals surface area contributed by atoms with Gasteiger partial charge in [-0.2, -0.15) is 0 Å². The molecule has 0 saturated heterocycles. The molecule has 3 nitrogen and oxygen atoms in total. The van der Waals surface area contributed by atoms with Crippen molar-refractivity contribution in [3.05, 3.63) is 65.2 Å². The normalized spacial score (nSPS) is 19.7. The van der Waals surface area contributed by atoms with E-state index in [0.717, 1.165) is 41.9 Å². The van der Waals surface area contributed by atoms with Crippen LogP contribution >= 0.6 is 24.2 Å². The third-order valence-corrected chi connectivity index (χ3v) is 6.01. The highest BCUT2D eigenvalue weighted by Gasteiger charge is 2.33. The van der Waals surface area contributed by atoms with Crippen molar-refractivity contribution in [1.82, 2.24) is 5.32 Å². The fourth-order valence-electron chi connectivity index (χ4n) is 3.79. The molecule has 3 rings (SSSR count). The molecule has 2 aromatic carbocycles. The van der Waals surface area contributed by atoms with Gasteiger partial charge in [0.15, 0.2) is 11.6 Å². The Morgan fingerprint density at radius 3 is 2.61 bits per heavy atom. The first-order valence-electron chi connectivity index (χ1n) is 9.12. The lowest BCUT2D eigenvalue weighted by atomic mass is 9.93. The van der Waals surface area contributed by atoms with E-state index in [1.165, 1.54) is 6.07 Å². The molecule has 1 amide bonds. The maximum absolute atomic E-state index is 13.8. The number of nitrogens with one attached hydrogen (secondary N) is 1. The van der Waals surface area contributed by atoms with Crippen LogP contribution in [0.5, 0.6) is 0 Å². The van der Waals surface area contributed by atoms with Gasteiger partial charge in [-0.25, -0.2) is 8.78 Å². The smallest absolute Gasteiger partial charge is 0.224 e. The predicted molar refractivity (Wildman–Crippen MR) is 112 cm³/mol. The average molecular weight is 427 g/mol. The fraction of sp³-hybridized carbons (Fsp3) is 0.381. The molecule has 0 aromatic heterocycles. The Kier molecular flexibility index (Phi) is 8.28. The average Bonchev–Trinajstić information content (AvgIpc) is 3.17. The van der Waals surface area contributed by atoms with Crippen LogP contribution in [-0.2, 0) is 4.79 Å². The zero-order valence-corrected chi connectivity index (χ0v) is 17.3. The molecule has 0 spiro atoms. The summed E-state index contributed by atoms with van der Waals surface area (Å²) in [7, 11) is 0. The summed E-state index contributed by atoms with van der Waals surface area (Å²) in [5, 5.41) is 3.06. The molecular formula is C21H25ClF2N2OS. The Hall–Kier alpha value is -1.63. The summed E-state index contributed by atoms with van der Waals surface area (Å²) in [6, 6.07) is 11.0. The highest BCUT2D eigenvalue weighted by Crippen LogP contribution is 2.33. The molecule has 3 atom stereocenters. The van der Waals surface area contributed by atoms with Crippen molar-refractivity contribution in [2.75, 3.05) is 12.8 Å². The molecule has 28 heavy (non-hydrogen) atoms. The number of thioether (sulfide) groups is 1. The van der Waals surface area contributed by atoms with Crippen molar-refractivity contribution in [3.63, 3.8) is 0 Å². The van der Waals surface area contributed by atoms with E-state index in [4.69, 9.17) is 5.73 Å². The lowest BCUT2D eigenvalue weighted by Gasteiger charge is -2.24. The number of carbonyl (C=O) groups excluding carboxylic acids is 1. The summed E-state index contributed by atoms with van der Waals surface area (Å²) in [5.41, 5.74) is 7.17. The van der Waals surface area contributed by atoms with Crippen LogP contribution in [0.1, 0.15) is 36.4 Å². The van der Waals surface area contributed by atoms with Crippen molar-refractivity contribution in [3.8, 4) is 0 Å². The number of rotatable bonds is 6. The number of hydrogen-bond acceptors (Lipinski definition) is 3. The second-order valence-electron chi connectivity index (χ2n) is 6.92. The van der Waals surface area contributed by atoms with Gasteiger partial charge in [0.25, 0.3) is 0 Å². The number of hydrogen-bond donors (Lipinski definition) is 2. The maximum atomic E-state index is 13.8. The Labute approximate surface area is 174 Å². The molecule has 7 heteroatoms. The van der Waals surface area contributed by atoms with Gasteiger partial charge in [-0.3, -0.25) is 4.79 Å². The molecule has 1 aliphatic rings. The van der Waals surface area contributed by atoms with Crippen LogP contribution in [-0.4, -0.2) is 18.7 Å². The van der Waals surface area contributed by atoms with Gasteiger partial charge in [0.1, 0.15) is 0 Å². The van der Waals surface area contributed by atoms with E-state index in [2.05, 4.69) is 5.32 Å². The quantitative estimate of drug-likeness (QED) is 0.659. The van der Waals surface area contributed by atoms with Crippen LogP contribution in [0.3, 0.4) is 0 Å². The summed E-state index contributed by atoms with van der Waals surface area (Å²) in [6.45, 7) is 0.482. The Bertz CT molecular complexity index is 821. The van der Waals surface area contributed by atoms with Crippen LogP contribution in [0.15, 0.2) is 47.4 Å². The van der Waals surface area contributed by atoms with Crippen molar-refractivity contribution < 1.29 is 13.6 Å². The van der Waals surface area contributed by atoms with Crippen LogP contribution in [0.4, 0.5) is 8.78 Å². The van der Waals surface area contributed by atoms with Gasteiger partial charge < -0.3 is 11.1 Å². The summed E-state index contributed by atoms with van der Waals surface area (Å²) < 4.78 is 27.3. The maximum Gasteiger partial charge on any atom is 0.224 e. The van der Waals surface area contributed by atoms with Gasteiger partial charge in [0.05, 0.1) is 6.04 Å². The SMILES string of the molecule is CSc1cccc(C(NC(=O)[C@@H]2CCC[C@@H]2CN)c2ccc(F)c(F)c2)c1.Cl. The lowest BCUT2D eigenvalue weighted by molar-refractivity contribution is -0.126. The summed E-state index contributed by atoms with van der Waals surface area (Å²) >= 11 is 1.59. The second kappa shape index (κ2) is 10.2. The third-order valence-electron chi connectivity index (χ3n) is 5.29. The molecule has 1 aliphatic carbocycles. The van der Waals surface area contributed by atoms with E-state index >= 15 is 0 Å². The Morgan fingerprint density at radius 1 is 1.18 bits per heavy atom. The van der Waals surface area contributed by atoms with E-state index in [-0.39, 0.29) is 30.2 Å². The first kappa shape index (κ1) is 22.7. The third kappa shape index (κ3) is 5.04. The van der Waals surface area contributed by atoms with Crippen LogP contribution in [0, 0.1) is 23.5 Å². The van der Waals surface area contributed by atoms with Gasteiger partial charge >= 0.3 is 0 Å². The van der Waals surface area contributed by atoms with E-state index in [9.17, 15) is 13.6 Å². The molecular weight excluding hydrogens is 402 g/mol. The van der Waals surface area contributed by atoms with Gasteiger partial charge in [-0.05, 0) is 67.0 Å². The summed E-state index contributed by atoms with van der Waals surface area (Å²) in [4.78, 5) is 14.0. The first-order valence-corrected chi connectivity index (χ1v) is 10.3. The molecule has 152 valence electrons. The van der Waals surface area contributed by atoms with Crippen molar-refractivity contribution in [2.24, 2.45) is 17.6 Å². The second-order valence-corrected chi connectivity index (χ2v) is 7.80. The van der Waals surface area contributed by atoms with Gasteiger partial charge in [-0.1, -0.05) is 24.6 Å². The highest BCUT2D eigenvalue weighted by atomic mass is 35.5. The van der Waals surface area contributed by atoms with Crippen LogP contribution < -0.4 is 11.1 Å². The number of carbonyl (C=O) groups is 1. The number of benzene rings is 2. The largest absolute Gasteiger partial charge is 0.345 e. The molecule has 1 saturated carbocycles. The predicted octanol–water partition coefficient (Wildman–Crippen LogP) is 4.69. The summed E-state index contributed by atoms with van der Waals surface area (Å²) in [6.07, 6.45) is 4.71. The zero-order chi connectivity index (χ0) is 19.4. The monoisotopic (exact) mass is 426 g/mol. The number of halogens is 3. The van der Waals surface area contributed by atoms with Gasteiger partial charge in [-0.15, -0.1) is 24.2 Å². The van der Waals surface area contributed by atoms with E-state index in [1.807, 2.05) is 30.5 Å². The number of amides is 1. The van der Waals surface area contributed by atoms with Crippen LogP contribution in [0.25, 0.3) is 0 Å². The standard InChI is InChI=1S/C21H24F2N2OS.ClH/c1-27-16-6-2-4-13(10-16)20(14-8-9-18(22)19(23)11-14)25-21(26)17-7-3-5-15(17)12-24;/h2,4,6,8-11,15,17,20H,3,5,7,12,24H2,1H3,(H,25,26);1H/t15-,17-,20?;/m1./s1. The molecule has 0 bridgehead atoms. The molecule has 3 N–H and O–H groups in total. The van der Waals surface area contributed by atoms with Gasteiger partial charge in [0.2, 0.25) is 5.91 Å². The number of nitrogens with two attached hydrogens (primary N) is 1. The van der Waals surface area contributed by atoms with Crippen molar-refractivity contribution in [1.29, 1.82) is 0 Å². The Balaban J connectivity index is 0.00000280. The van der Waals surface area contributed by atoms with E-state index in [1.54, 1.807) is 11.8 Å². The van der Waals surface area contributed by atoms with Crippen molar-refractivity contribution in [2.45, 2.75) is 30.2 Å². The minimum absolute atomic E-state index is 0. The molecule has 1 unspecified atom stereocenters. The highest BCUT2D eigenvalue weighted by molar-refractivity contribution is 7.98. The topological polar surface area (TPSA) is 55.1 Å². The Morgan fingerprint density at radius 2 is 1.93 bits per heavy atom. The molecule has 0 aliphatic heterocycles. The molecule has 2 aromatic rings.